The average molecular weight is 264 g/mol. The van der Waals surface area contributed by atoms with E-state index in [2.05, 4.69) is 34.5 Å². The van der Waals surface area contributed by atoms with E-state index in [0.29, 0.717) is 19.6 Å². The highest BCUT2D eigenvalue weighted by molar-refractivity contribution is 5.45. The smallest absolute Gasteiger partial charge is 0.105 e. The molecule has 1 saturated heterocycles. The van der Waals surface area contributed by atoms with Crippen molar-refractivity contribution >= 4 is 5.69 Å². The lowest BCUT2D eigenvalue weighted by atomic mass is 9.96. The Labute approximate surface area is 115 Å². The van der Waals surface area contributed by atoms with Crippen molar-refractivity contribution in [1.29, 1.82) is 0 Å². The first-order valence-corrected chi connectivity index (χ1v) is 6.82. The second-order valence-corrected chi connectivity index (χ2v) is 5.53. The van der Waals surface area contributed by atoms with Gasteiger partial charge in [0, 0.05) is 45.9 Å². The Morgan fingerprint density at radius 2 is 2.05 bits per heavy atom. The molecule has 2 unspecified atom stereocenters. The monoisotopic (exact) mass is 264 g/mol. The van der Waals surface area contributed by atoms with Crippen molar-refractivity contribution in [3.63, 3.8) is 0 Å². The van der Waals surface area contributed by atoms with E-state index >= 15 is 0 Å². The number of aliphatic hydroxyl groups is 1. The number of ether oxygens (including phenoxy) is 1. The standard InChI is InChI=1S/C15H24N2O2/c1-12-15(18,8-9-19-12)11-16-10-13-4-6-14(7-5-13)17(2)3/h4-7,12,16,18H,8-11H2,1-3H3. The molecule has 0 amide bonds. The number of nitrogens with one attached hydrogen (secondary N) is 1. The Morgan fingerprint density at radius 3 is 2.58 bits per heavy atom. The molecule has 0 saturated carbocycles. The molecule has 1 aromatic rings. The third kappa shape index (κ3) is 3.47. The van der Waals surface area contributed by atoms with Crippen LogP contribution >= 0.6 is 0 Å². The van der Waals surface area contributed by atoms with Crippen LogP contribution in [0.2, 0.25) is 0 Å². The van der Waals surface area contributed by atoms with Crippen LogP contribution in [0.3, 0.4) is 0 Å². The average Bonchev–Trinajstić information content (AvgIpc) is 2.70. The van der Waals surface area contributed by atoms with Gasteiger partial charge in [0.05, 0.1) is 6.10 Å². The fraction of sp³-hybridized carbons (Fsp3) is 0.600. The van der Waals surface area contributed by atoms with Crippen molar-refractivity contribution in [2.24, 2.45) is 0 Å². The molecule has 2 rings (SSSR count). The van der Waals surface area contributed by atoms with E-state index < -0.39 is 5.60 Å². The molecule has 0 spiro atoms. The van der Waals surface area contributed by atoms with Gasteiger partial charge in [-0.05, 0) is 24.6 Å². The first-order valence-electron chi connectivity index (χ1n) is 6.82. The minimum absolute atomic E-state index is 0.0869. The van der Waals surface area contributed by atoms with E-state index in [4.69, 9.17) is 4.74 Å². The lowest BCUT2D eigenvalue weighted by Gasteiger charge is -2.26. The molecular weight excluding hydrogens is 240 g/mol. The highest BCUT2D eigenvalue weighted by atomic mass is 16.5. The van der Waals surface area contributed by atoms with E-state index in [0.717, 1.165) is 6.54 Å². The summed E-state index contributed by atoms with van der Waals surface area (Å²) in [4.78, 5) is 2.08. The van der Waals surface area contributed by atoms with Crippen LogP contribution in [0.15, 0.2) is 24.3 Å². The second-order valence-electron chi connectivity index (χ2n) is 5.53. The molecule has 4 heteroatoms. The molecule has 1 heterocycles. The molecule has 2 atom stereocenters. The first-order chi connectivity index (χ1) is 9.01. The topological polar surface area (TPSA) is 44.7 Å². The van der Waals surface area contributed by atoms with E-state index in [1.54, 1.807) is 0 Å². The molecule has 0 aromatic heterocycles. The second kappa shape index (κ2) is 5.90. The van der Waals surface area contributed by atoms with Crippen molar-refractivity contribution < 1.29 is 9.84 Å². The van der Waals surface area contributed by atoms with Crippen LogP contribution in [-0.4, -0.2) is 44.1 Å². The van der Waals surface area contributed by atoms with Gasteiger partial charge in [-0.3, -0.25) is 0 Å². The number of anilines is 1. The van der Waals surface area contributed by atoms with E-state index in [9.17, 15) is 5.11 Å². The Morgan fingerprint density at radius 1 is 1.37 bits per heavy atom. The van der Waals surface area contributed by atoms with Crippen LogP contribution in [0.4, 0.5) is 5.69 Å². The van der Waals surface area contributed by atoms with Crippen LogP contribution in [0.5, 0.6) is 0 Å². The largest absolute Gasteiger partial charge is 0.386 e. The van der Waals surface area contributed by atoms with Gasteiger partial charge in [0.15, 0.2) is 0 Å². The zero-order valence-corrected chi connectivity index (χ0v) is 12.0. The summed E-state index contributed by atoms with van der Waals surface area (Å²) in [5, 5.41) is 13.7. The van der Waals surface area contributed by atoms with Crippen molar-refractivity contribution in [2.45, 2.75) is 31.6 Å². The summed E-state index contributed by atoms with van der Waals surface area (Å²) in [7, 11) is 4.06. The third-order valence-corrected chi connectivity index (χ3v) is 3.87. The minimum Gasteiger partial charge on any atom is -0.386 e. The van der Waals surface area contributed by atoms with Crippen molar-refractivity contribution in [1.82, 2.24) is 5.32 Å². The summed E-state index contributed by atoms with van der Waals surface area (Å²) in [6.07, 6.45) is 0.622. The summed E-state index contributed by atoms with van der Waals surface area (Å²) >= 11 is 0. The third-order valence-electron chi connectivity index (χ3n) is 3.87. The Bertz CT molecular complexity index is 405. The van der Waals surface area contributed by atoms with Crippen molar-refractivity contribution in [3.05, 3.63) is 29.8 Å². The summed E-state index contributed by atoms with van der Waals surface area (Å²) < 4.78 is 5.42. The molecule has 0 bridgehead atoms. The maximum atomic E-state index is 10.4. The molecule has 1 aromatic carbocycles. The van der Waals surface area contributed by atoms with Gasteiger partial charge < -0.3 is 20.1 Å². The molecule has 2 N–H and O–H groups in total. The number of hydrogen-bond acceptors (Lipinski definition) is 4. The summed E-state index contributed by atoms with van der Waals surface area (Å²) in [6.45, 7) is 3.92. The number of benzene rings is 1. The lowest BCUT2D eigenvalue weighted by Crippen LogP contribution is -2.45. The molecular formula is C15H24N2O2. The van der Waals surface area contributed by atoms with Crippen molar-refractivity contribution in [3.8, 4) is 0 Å². The normalized spacial score (nSPS) is 26.6. The van der Waals surface area contributed by atoms with Crippen molar-refractivity contribution in [2.75, 3.05) is 32.1 Å². The van der Waals surface area contributed by atoms with E-state index in [-0.39, 0.29) is 6.10 Å². The maximum Gasteiger partial charge on any atom is 0.105 e. The molecule has 1 fully saturated rings. The lowest BCUT2D eigenvalue weighted by molar-refractivity contribution is -0.0262. The molecule has 0 radical (unpaired) electrons. The highest BCUT2D eigenvalue weighted by Gasteiger charge is 2.38. The van der Waals surface area contributed by atoms with Gasteiger partial charge in [-0.1, -0.05) is 12.1 Å². The van der Waals surface area contributed by atoms with Gasteiger partial charge in [-0.2, -0.15) is 0 Å². The van der Waals surface area contributed by atoms with Gasteiger partial charge in [0.1, 0.15) is 5.60 Å². The van der Waals surface area contributed by atoms with E-state index in [1.807, 2.05) is 21.0 Å². The minimum atomic E-state index is -0.719. The van der Waals surface area contributed by atoms with Gasteiger partial charge in [-0.15, -0.1) is 0 Å². The summed E-state index contributed by atoms with van der Waals surface area (Å²) in [6, 6.07) is 8.43. The quantitative estimate of drug-likeness (QED) is 0.843. The first kappa shape index (κ1) is 14.3. The van der Waals surface area contributed by atoms with Gasteiger partial charge in [0.2, 0.25) is 0 Å². The number of rotatable bonds is 5. The Kier molecular flexibility index (Phi) is 4.45. The molecule has 106 valence electrons. The van der Waals surface area contributed by atoms with Crippen LogP contribution in [-0.2, 0) is 11.3 Å². The molecule has 4 nitrogen and oxygen atoms in total. The number of hydrogen-bond donors (Lipinski definition) is 2. The van der Waals surface area contributed by atoms with Gasteiger partial charge in [0.25, 0.3) is 0 Å². The number of nitrogens with zero attached hydrogens (tertiary/aromatic N) is 1. The predicted octanol–water partition coefficient (Wildman–Crippen LogP) is 1.38. The SMILES string of the molecule is CC1OCCC1(O)CNCc1ccc(N(C)C)cc1. The predicted molar refractivity (Wildman–Crippen MR) is 77.5 cm³/mol. The van der Waals surface area contributed by atoms with Crippen LogP contribution in [0, 0.1) is 0 Å². The zero-order chi connectivity index (χ0) is 13.9. The fourth-order valence-electron chi connectivity index (χ4n) is 2.34. The van der Waals surface area contributed by atoms with Gasteiger partial charge >= 0.3 is 0 Å². The molecule has 1 aliphatic rings. The highest BCUT2D eigenvalue weighted by Crippen LogP contribution is 2.24. The van der Waals surface area contributed by atoms with Crippen LogP contribution in [0.1, 0.15) is 18.9 Å². The molecule has 0 aliphatic carbocycles. The maximum absolute atomic E-state index is 10.4. The van der Waals surface area contributed by atoms with Crippen LogP contribution < -0.4 is 10.2 Å². The summed E-state index contributed by atoms with van der Waals surface area (Å²) in [5.41, 5.74) is 1.70. The summed E-state index contributed by atoms with van der Waals surface area (Å²) in [5.74, 6) is 0. The molecule has 19 heavy (non-hydrogen) atoms. The Hall–Kier alpha value is -1.10. The fourth-order valence-corrected chi connectivity index (χ4v) is 2.34. The van der Waals surface area contributed by atoms with Crippen LogP contribution in [0.25, 0.3) is 0 Å². The zero-order valence-electron chi connectivity index (χ0n) is 12.0. The molecule has 1 aliphatic heterocycles. The van der Waals surface area contributed by atoms with E-state index in [1.165, 1.54) is 11.3 Å². The van der Waals surface area contributed by atoms with Gasteiger partial charge in [-0.25, -0.2) is 0 Å². The Balaban J connectivity index is 1.82.